The van der Waals surface area contributed by atoms with Gasteiger partial charge in [0.05, 0.1) is 5.69 Å². The summed E-state index contributed by atoms with van der Waals surface area (Å²) >= 11 is 1.86. The Morgan fingerprint density at radius 2 is 0.733 bits per heavy atom. The minimum absolute atomic E-state index is 1.09. The van der Waals surface area contributed by atoms with E-state index in [4.69, 9.17) is 0 Å². The molecule has 0 fully saturated rings. The fraction of sp³-hybridized carbons (Fsp3) is 0. The molecule has 0 atom stereocenters. The summed E-state index contributed by atoms with van der Waals surface area (Å²) in [5.41, 5.74) is 15.3. The van der Waals surface area contributed by atoms with Crippen LogP contribution in [0.4, 0.5) is 17.1 Å². The molecule has 0 saturated carbocycles. The van der Waals surface area contributed by atoms with Crippen molar-refractivity contribution in [1.29, 1.82) is 0 Å². The number of hydrogen-bond donors (Lipinski definition) is 0. The van der Waals surface area contributed by atoms with Crippen LogP contribution in [0, 0.1) is 0 Å². The van der Waals surface area contributed by atoms with Crippen LogP contribution in [0.15, 0.2) is 237 Å². The Labute approximate surface area is 354 Å². The van der Waals surface area contributed by atoms with Crippen molar-refractivity contribution in [2.24, 2.45) is 0 Å². The number of fused-ring (bicyclic) bond motifs is 4. The standard InChI is InChI=1S/C58H39NS/c1-2-12-40(13-3-1)42-22-24-43(25-23-42)44-28-33-49(34-29-44)59(56-20-10-8-18-53(56)48-32-37-58-55(39-48)54-19-9-11-21-57(54)60-58)50-35-30-45(31-36-50)51-16-6-7-17-52(51)47-27-26-41-14-4-5-15-46(41)38-47/h1-39H. The van der Waals surface area contributed by atoms with Crippen molar-refractivity contribution in [2.45, 2.75) is 0 Å². The van der Waals surface area contributed by atoms with Crippen molar-refractivity contribution < 1.29 is 0 Å². The van der Waals surface area contributed by atoms with Gasteiger partial charge in [0.15, 0.2) is 0 Å². The van der Waals surface area contributed by atoms with Crippen LogP contribution >= 0.6 is 11.3 Å². The summed E-state index contributed by atoms with van der Waals surface area (Å²) < 4.78 is 2.62. The molecule has 0 unspecified atom stereocenters. The van der Waals surface area contributed by atoms with Crippen molar-refractivity contribution in [1.82, 2.24) is 0 Å². The van der Waals surface area contributed by atoms with Crippen molar-refractivity contribution in [3.63, 3.8) is 0 Å². The number of benzene rings is 10. The molecule has 0 aliphatic carbocycles. The molecular formula is C58H39NS. The van der Waals surface area contributed by atoms with Crippen LogP contribution in [0.3, 0.4) is 0 Å². The molecule has 0 amide bonds. The molecule has 11 aromatic rings. The van der Waals surface area contributed by atoms with Gasteiger partial charge >= 0.3 is 0 Å². The number of anilines is 3. The van der Waals surface area contributed by atoms with E-state index < -0.39 is 0 Å². The quantitative estimate of drug-likeness (QED) is 0.148. The molecule has 0 aliphatic heterocycles. The van der Waals surface area contributed by atoms with E-state index in [1.165, 1.54) is 86.6 Å². The molecule has 10 aromatic carbocycles. The van der Waals surface area contributed by atoms with Crippen LogP contribution in [0.5, 0.6) is 0 Å². The predicted molar refractivity (Wildman–Crippen MR) is 259 cm³/mol. The molecular weight excluding hydrogens is 743 g/mol. The zero-order chi connectivity index (χ0) is 39.8. The van der Waals surface area contributed by atoms with E-state index in [9.17, 15) is 0 Å². The second kappa shape index (κ2) is 15.3. The molecule has 1 aromatic heterocycles. The SMILES string of the molecule is c1ccc(-c2ccc(-c3ccc(N(c4ccc(-c5ccccc5-c5ccc6ccccc6c5)cc4)c4ccccc4-c4ccc5sc6ccccc6c5c4)cc3)cc2)cc1. The van der Waals surface area contributed by atoms with Crippen LogP contribution in [0.1, 0.15) is 0 Å². The molecule has 282 valence electrons. The molecule has 60 heavy (non-hydrogen) atoms. The summed E-state index contributed by atoms with van der Waals surface area (Å²) in [6.45, 7) is 0. The van der Waals surface area contributed by atoms with Crippen LogP contribution in [0.2, 0.25) is 0 Å². The number of rotatable bonds is 8. The number of nitrogens with zero attached hydrogens (tertiary/aromatic N) is 1. The average molecular weight is 782 g/mol. The molecule has 0 saturated heterocycles. The van der Waals surface area contributed by atoms with E-state index in [0.29, 0.717) is 0 Å². The third-order valence-corrected chi connectivity index (χ3v) is 12.9. The van der Waals surface area contributed by atoms with Gasteiger partial charge in [0.2, 0.25) is 0 Å². The highest BCUT2D eigenvalue weighted by Crippen LogP contribution is 2.44. The number of thiophene rings is 1. The molecule has 0 bridgehead atoms. The topological polar surface area (TPSA) is 3.24 Å². The monoisotopic (exact) mass is 781 g/mol. The lowest BCUT2D eigenvalue weighted by Crippen LogP contribution is -2.11. The van der Waals surface area contributed by atoms with Gasteiger partial charge < -0.3 is 4.90 Å². The average Bonchev–Trinajstić information content (AvgIpc) is 3.71. The second-order valence-corrected chi connectivity index (χ2v) is 16.4. The maximum Gasteiger partial charge on any atom is 0.0540 e. The van der Waals surface area contributed by atoms with Gasteiger partial charge in [0, 0.05) is 37.1 Å². The van der Waals surface area contributed by atoms with Gasteiger partial charge in [-0.25, -0.2) is 0 Å². The lowest BCUT2D eigenvalue weighted by atomic mass is 9.93. The Morgan fingerprint density at radius 1 is 0.267 bits per heavy atom. The predicted octanol–water partition coefficient (Wildman–Crippen LogP) is 17.0. The van der Waals surface area contributed by atoms with E-state index in [2.05, 4.69) is 241 Å². The Kier molecular flexibility index (Phi) is 9.11. The Hall–Kier alpha value is -7.52. The Morgan fingerprint density at radius 3 is 1.45 bits per heavy atom. The molecule has 0 N–H and O–H groups in total. The zero-order valence-electron chi connectivity index (χ0n) is 32.9. The summed E-state index contributed by atoms with van der Waals surface area (Å²) in [7, 11) is 0. The summed E-state index contributed by atoms with van der Waals surface area (Å²) in [5.74, 6) is 0. The van der Waals surface area contributed by atoms with Gasteiger partial charge in [-0.1, -0.05) is 182 Å². The maximum absolute atomic E-state index is 2.41. The molecule has 0 aliphatic rings. The first kappa shape index (κ1) is 35.6. The van der Waals surface area contributed by atoms with Crippen molar-refractivity contribution in [3.05, 3.63) is 237 Å². The first-order valence-electron chi connectivity index (χ1n) is 20.5. The lowest BCUT2D eigenvalue weighted by Gasteiger charge is -2.28. The number of para-hydroxylation sites is 1. The van der Waals surface area contributed by atoms with Gasteiger partial charge in [-0.3, -0.25) is 0 Å². The van der Waals surface area contributed by atoms with Gasteiger partial charge in [-0.05, 0) is 115 Å². The van der Waals surface area contributed by atoms with Gasteiger partial charge in [0.1, 0.15) is 0 Å². The van der Waals surface area contributed by atoms with Crippen LogP contribution in [-0.2, 0) is 0 Å². The van der Waals surface area contributed by atoms with Gasteiger partial charge in [-0.15, -0.1) is 11.3 Å². The van der Waals surface area contributed by atoms with E-state index in [0.717, 1.165) is 17.1 Å². The van der Waals surface area contributed by atoms with Crippen LogP contribution in [0.25, 0.3) is 86.6 Å². The van der Waals surface area contributed by atoms with E-state index in [-0.39, 0.29) is 0 Å². The molecule has 0 spiro atoms. The first-order valence-corrected chi connectivity index (χ1v) is 21.3. The Balaban J connectivity index is 1.00. The lowest BCUT2D eigenvalue weighted by molar-refractivity contribution is 1.28. The molecule has 1 heterocycles. The highest BCUT2D eigenvalue weighted by Gasteiger charge is 2.19. The summed E-state index contributed by atoms with van der Waals surface area (Å²) in [4.78, 5) is 2.41. The largest absolute Gasteiger partial charge is 0.310 e. The summed E-state index contributed by atoms with van der Waals surface area (Å²) in [6.07, 6.45) is 0. The van der Waals surface area contributed by atoms with Gasteiger partial charge in [-0.2, -0.15) is 0 Å². The van der Waals surface area contributed by atoms with E-state index in [1.54, 1.807) is 0 Å². The highest BCUT2D eigenvalue weighted by molar-refractivity contribution is 7.25. The smallest absolute Gasteiger partial charge is 0.0540 e. The summed E-state index contributed by atoms with van der Waals surface area (Å²) in [5, 5.41) is 5.10. The van der Waals surface area contributed by atoms with Crippen molar-refractivity contribution in [3.8, 4) is 55.6 Å². The third kappa shape index (κ3) is 6.63. The third-order valence-electron chi connectivity index (χ3n) is 11.7. The zero-order valence-corrected chi connectivity index (χ0v) is 33.7. The molecule has 1 nitrogen and oxygen atoms in total. The first-order chi connectivity index (χ1) is 29.7. The Bertz CT molecular complexity index is 3290. The molecule has 2 heteroatoms. The van der Waals surface area contributed by atoms with E-state index in [1.807, 2.05) is 11.3 Å². The molecule has 0 radical (unpaired) electrons. The van der Waals surface area contributed by atoms with Gasteiger partial charge in [0.25, 0.3) is 0 Å². The van der Waals surface area contributed by atoms with E-state index >= 15 is 0 Å². The maximum atomic E-state index is 2.41. The normalized spacial score (nSPS) is 11.3. The molecule has 11 rings (SSSR count). The second-order valence-electron chi connectivity index (χ2n) is 15.3. The minimum Gasteiger partial charge on any atom is -0.310 e. The van der Waals surface area contributed by atoms with Crippen LogP contribution < -0.4 is 4.90 Å². The fourth-order valence-electron chi connectivity index (χ4n) is 8.66. The minimum atomic E-state index is 1.09. The summed E-state index contributed by atoms with van der Waals surface area (Å²) in [6, 6.07) is 86.2. The van der Waals surface area contributed by atoms with Crippen molar-refractivity contribution in [2.75, 3.05) is 4.90 Å². The van der Waals surface area contributed by atoms with Crippen LogP contribution in [-0.4, -0.2) is 0 Å². The fourth-order valence-corrected chi connectivity index (χ4v) is 9.74. The van der Waals surface area contributed by atoms with Crippen molar-refractivity contribution >= 4 is 59.3 Å². The highest BCUT2D eigenvalue weighted by atomic mass is 32.1. The number of hydrogen-bond acceptors (Lipinski definition) is 2.